The Balaban J connectivity index is 1.55. The summed E-state index contributed by atoms with van der Waals surface area (Å²) in [5.41, 5.74) is 12.1. The fourth-order valence-corrected chi connectivity index (χ4v) is 8.08. The minimum absolute atomic E-state index is 1.04. The maximum Gasteiger partial charge on any atom is -0.0000653 e. The summed E-state index contributed by atoms with van der Waals surface area (Å²) in [5.74, 6) is 0. The quantitative estimate of drug-likeness (QED) is 0.177. The van der Waals surface area contributed by atoms with Gasteiger partial charge in [0.15, 0.2) is 0 Å². The normalized spacial score (nSPS) is 14.5. The van der Waals surface area contributed by atoms with Crippen LogP contribution in [0.3, 0.4) is 0 Å². The zero-order chi connectivity index (χ0) is 22.4. The molecule has 0 fully saturated rings. The molecule has 0 nitrogen and oxygen atoms in total. The topological polar surface area (TPSA) is 0 Å². The van der Waals surface area contributed by atoms with E-state index in [4.69, 9.17) is 0 Å². The van der Waals surface area contributed by atoms with E-state index in [2.05, 4.69) is 84.9 Å². The first kappa shape index (κ1) is 17.3. The summed E-state index contributed by atoms with van der Waals surface area (Å²) in [6, 6.07) is 32.0. The van der Waals surface area contributed by atoms with Crippen LogP contribution in [0, 0.1) is 0 Å². The van der Waals surface area contributed by atoms with E-state index < -0.39 is 0 Å². The number of hydrogen-bond donors (Lipinski definition) is 0. The molecule has 0 bridgehead atoms. The van der Waals surface area contributed by atoms with Gasteiger partial charge in [-0.25, -0.2) is 0 Å². The summed E-state index contributed by atoms with van der Waals surface area (Å²) < 4.78 is 0. The lowest BCUT2D eigenvalue weighted by molar-refractivity contribution is 1.26. The van der Waals surface area contributed by atoms with E-state index in [0.717, 1.165) is 19.3 Å². The summed E-state index contributed by atoms with van der Waals surface area (Å²) >= 11 is 0. The predicted molar refractivity (Wildman–Crippen MR) is 148 cm³/mol. The summed E-state index contributed by atoms with van der Waals surface area (Å²) in [4.78, 5) is 0. The molecule has 0 N–H and O–H groups in total. The number of benzene rings is 7. The van der Waals surface area contributed by atoms with Crippen molar-refractivity contribution in [3.05, 3.63) is 118 Å². The van der Waals surface area contributed by atoms with Crippen LogP contribution in [0.2, 0.25) is 0 Å². The van der Waals surface area contributed by atoms with Gasteiger partial charge in [-0.3, -0.25) is 0 Å². The molecule has 0 radical (unpaired) electrons. The zero-order valence-corrected chi connectivity index (χ0v) is 19.2. The van der Waals surface area contributed by atoms with Gasteiger partial charge in [0.1, 0.15) is 0 Å². The molecule has 0 saturated carbocycles. The molecule has 0 heterocycles. The van der Waals surface area contributed by atoms with Crippen molar-refractivity contribution in [1.82, 2.24) is 0 Å². The monoisotopic (exact) mass is 440 g/mol. The highest BCUT2D eigenvalue weighted by molar-refractivity contribution is 6.38. The minimum atomic E-state index is 1.04. The molecular weight excluding hydrogens is 420 g/mol. The fourth-order valence-electron chi connectivity index (χ4n) is 8.08. The lowest BCUT2D eigenvalue weighted by Crippen LogP contribution is -1.92. The standard InChI is InChI=1S/C35H20/c1-2-8-18(9-3-1)24-14-19-15-25-20-10-4-5-11-21(20)26-16-27-22-12-6-7-13-23(22)28-17-29(24)32-30(19)31(25)33(26)35(27)34(28)32/h1-14H,15-17H2. The van der Waals surface area contributed by atoms with Gasteiger partial charge in [-0.15, -0.1) is 0 Å². The van der Waals surface area contributed by atoms with E-state index in [1.54, 1.807) is 60.1 Å². The van der Waals surface area contributed by atoms with Crippen molar-refractivity contribution in [2.75, 3.05) is 0 Å². The third kappa shape index (κ3) is 1.78. The van der Waals surface area contributed by atoms with E-state index in [1.165, 1.54) is 38.2 Å². The van der Waals surface area contributed by atoms with E-state index in [1.807, 2.05) is 0 Å². The third-order valence-electron chi connectivity index (χ3n) is 9.29. The molecule has 0 saturated heterocycles. The van der Waals surface area contributed by atoms with Crippen LogP contribution in [-0.4, -0.2) is 0 Å². The van der Waals surface area contributed by atoms with Crippen molar-refractivity contribution in [3.63, 3.8) is 0 Å². The molecule has 0 unspecified atom stereocenters. The van der Waals surface area contributed by atoms with Crippen LogP contribution in [0.5, 0.6) is 0 Å². The summed E-state index contributed by atoms with van der Waals surface area (Å²) in [7, 11) is 0. The maximum atomic E-state index is 2.54. The first-order chi connectivity index (χ1) is 17.4. The molecule has 3 aliphatic carbocycles. The average molecular weight is 441 g/mol. The second-order valence-electron chi connectivity index (χ2n) is 10.7. The Kier molecular flexibility index (Phi) is 2.75. The Bertz CT molecular complexity index is 2160. The van der Waals surface area contributed by atoms with Gasteiger partial charge in [0, 0.05) is 0 Å². The molecule has 3 aliphatic rings. The van der Waals surface area contributed by atoms with Gasteiger partial charge in [-0.1, -0.05) is 78.9 Å². The van der Waals surface area contributed by atoms with E-state index in [9.17, 15) is 0 Å². The van der Waals surface area contributed by atoms with Gasteiger partial charge in [-0.2, -0.15) is 0 Å². The van der Waals surface area contributed by atoms with E-state index in [-0.39, 0.29) is 0 Å². The number of rotatable bonds is 1. The zero-order valence-electron chi connectivity index (χ0n) is 19.2. The lowest BCUT2D eigenvalue weighted by Gasteiger charge is -2.14. The summed E-state index contributed by atoms with van der Waals surface area (Å²) in [5, 5.41) is 15.3. The Morgan fingerprint density at radius 2 is 0.800 bits per heavy atom. The molecule has 10 rings (SSSR count). The Hall–Kier alpha value is -4.16. The largest absolute Gasteiger partial charge is 0.0622 e. The van der Waals surface area contributed by atoms with Crippen LogP contribution < -0.4 is 0 Å². The van der Waals surface area contributed by atoms with Gasteiger partial charge in [0.25, 0.3) is 0 Å². The number of fused-ring (bicyclic) bond motifs is 6. The van der Waals surface area contributed by atoms with Crippen LogP contribution >= 0.6 is 0 Å². The summed E-state index contributed by atoms with van der Waals surface area (Å²) in [6.45, 7) is 0. The van der Waals surface area contributed by atoms with Gasteiger partial charge in [0.2, 0.25) is 0 Å². The highest BCUT2D eigenvalue weighted by atomic mass is 14.4. The third-order valence-corrected chi connectivity index (χ3v) is 9.29. The van der Waals surface area contributed by atoms with Gasteiger partial charge >= 0.3 is 0 Å². The second-order valence-corrected chi connectivity index (χ2v) is 10.7. The molecule has 7 aromatic rings. The predicted octanol–water partition coefficient (Wildman–Crippen LogP) is 8.83. The first-order valence-corrected chi connectivity index (χ1v) is 12.8. The van der Waals surface area contributed by atoms with Crippen molar-refractivity contribution in [1.29, 1.82) is 0 Å². The molecule has 0 amide bonds. The molecular formula is C35H20. The van der Waals surface area contributed by atoms with Gasteiger partial charge in [0.05, 0.1) is 0 Å². The van der Waals surface area contributed by atoms with Crippen molar-refractivity contribution in [2.45, 2.75) is 19.3 Å². The second kappa shape index (κ2) is 5.56. The van der Waals surface area contributed by atoms with E-state index in [0.29, 0.717) is 0 Å². The molecule has 0 spiro atoms. The van der Waals surface area contributed by atoms with Gasteiger partial charge < -0.3 is 0 Å². The Morgan fingerprint density at radius 1 is 0.371 bits per heavy atom. The SMILES string of the molecule is c1ccc(-c2cc3c4c5c2Cc2c6ccccc6c6c(c25)c2c(c5ccccc5c(c42)C3)C6)cc1. The molecule has 35 heavy (non-hydrogen) atoms. The Labute approximate surface area is 202 Å². The minimum Gasteiger partial charge on any atom is -0.0622 e. The van der Waals surface area contributed by atoms with E-state index >= 15 is 0 Å². The molecule has 7 aromatic carbocycles. The average Bonchev–Trinajstić information content (AvgIpc) is 3.60. The molecule has 160 valence electrons. The number of hydrogen-bond acceptors (Lipinski definition) is 0. The summed E-state index contributed by atoms with van der Waals surface area (Å²) in [6.07, 6.45) is 3.13. The first-order valence-electron chi connectivity index (χ1n) is 12.8. The highest BCUT2D eigenvalue weighted by Gasteiger charge is 2.35. The Morgan fingerprint density at radius 3 is 1.37 bits per heavy atom. The smallest absolute Gasteiger partial charge is 0.0000653 e. The van der Waals surface area contributed by atoms with Crippen LogP contribution in [0.25, 0.3) is 65.0 Å². The van der Waals surface area contributed by atoms with Crippen molar-refractivity contribution < 1.29 is 0 Å². The molecule has 0 aromatic heterocycles. The lowest BCUT2D eigenvalue weighted by atomic mass is 9.89. The van der Waals surface area contributed by atoms with Crippen LogP contribution in [0.15, 0.2) is 84.9 Å². The maximum absolute atomic E-state index is 2.54. The van der Waals surface area contributed by atoms with Crippen molar-refractivity contribution in [2.24, 2.45) is 0 Å². The van der Waals surface area contributed by atoms with Crippen LogP contribution in [0.4, 0.5) is 0 Å². The van der Waals surface area contributed by atoms with Crippen LogP contribution in [0.1, 0.15) is 33.4 Å². The van der Waals surface area contributed by atoms with Gasteiger partial charge in [-0.05, 0) is 124 Å². The van der Waals surface area contributed by atoms with Crippen molar-refractivity contribution in [3.8, 4) is 11.1 Å². The fraction of sp³-hybridized carbons (Fsp3) is 0.0857. The van der Waals surface area contributed by atoms with Crippen LogP contribution in [-0.2, 0) is 19.3 Å². The molecule has 0 heteroatoms. The van der Waals surface area contributed by atoms with Crippen molar-refractivity contribution >= 4 is 53.9 Å². The molecule has 0 aliphatic heterocycles. The molecule has 0 atom stereocenters. The highest BCUT2D eigenvalue weighted by Crippen LogP contribution is 2.58.